The Labute approximate surface area is 133 Å². The first-order chi connectivity index (χ1) is 10.9. The van der Waals surface area contributed by atoms with Crippen LogP contribution in [0.5, 0.6) is 0 Å². The van der Waals surface area contributed by atoms with Crippen molar-refractivity contribution in [2.45, 2.75) is 32.6 Å². The van der Waals surface area contributed by atoms with E-state index in [1.807, 2.05) is 20.0 Å². The lowest BCUT2D eigenvalue weighted by Gasteiger charge is -2.10. The number of carboxylic acid groups (broad SMARTS) is 1. The van der Waals surface area contributed by atoms with Gasteiger partial charge in [0.1, 0.15) is 0 Å². The van der Waals surface area contributed by atoms with Gasteiger partial charge in [-0.05, 0) is 25.8 Å². The number of fused-ring (bicyclic) bond motifs is 1. The standard InChI is InChI=1S/C16H20N4O3/c1-8(16(22)23)7-17-15(21)11-6-12(10-4-5-10)18-14-13(11)9(2)19-20(14)3/h6,8,10H,4-5,7H2,1-3H3,(H,17,21)(H,22,23). The lowest BCUT2D eigenvalue weighted by atomic mass is 10.1. The van der Waals surface area contributed by atoms with Crippen LogP contribution in [0.15, 0.2) is 6.07 Å². The minimum Gasteiger partial charge on any atom is -0.481 e. The van der Waals surface area contributed by atoms with Gasteiger partial charge in [-0.1, -0.05) is 6.92 Å². The zero-order chi connectivity index (χ0) is 16.7. The van der Waals surface area contributed by atoms with Gasteiger partial charge in [0.05, 0.1) is 22.6 Å². The van der Waals surface area contributed by atoms with E-state index in [4.69, 9.17) is 5.11 Å². The molecule has 7 heteroatoms. The zero-order valence-corrected chi connectivity index (χ0v) is 13.5. The molecule has 2 aromatic heterocycles. The van der Waals surface area contributed by atoms with Crippen molar-refractivity contribution >= 4 is 22.9 Å². The van der Waals surface area contributed by atoms with E-state index in [0.717, 1.165) is 29.6 Å². The number of amides is 1. The van der Waals surface area contributed by atoms with Crippen LogP contribution in [0.25, 0.3) is 11.0 Å². The highest BCUT2D eigenvalue weighted by molar-refractivity contribution is 6.06. The Balaban J connectivity index is 1.97. The number of hydrogen-bond acceptors (Lipinski definition) is 4. The largest absolute Gasteiger partial charge is 0.481 e. The predicted octanol–water partition coefficient (Wildman–Crippen LogP) is 1.60. The average Bonchev–Trinajstić information content (AvgIpc) is 3.31. The van der Waals surface area contributed by atoms with Gasteiger partial charge in [0, 0.05) is 25.2 Å². The Morgan fingerprint density at radius 2 is 2.17 bits per heavy atom. The van der Waals surface area contributed by atoms with Crippen molar-refractivity contribution in [2.75, 3.05) is 6.54 Å². The van der Waals surface area contributed by atoms with Crippen LogP contribution in [0.2, 0.25) is 0 Å². The number of aryl methyl sites for hydroxylation is 2. The van der Waals surface area contributed by atoms with Gasteiger partial charge in [0.25, 0.3) is 5.91 Å². The van der Waals surface area contributed by atoms with Gasteiger partial charge in [-0.2, -0.15) is 5.10 Å². The van der Waals surface area contributed by atoms with Crippen molar-refractivity contribution in [2.24, 2.45) is 13.0 Å². The summed E-state index contributed by atoms with van der Waals surface area (Å²) in [5, 5.41) is 16.7. The third kappa shape index (κ3) is 2.91. The number of hydrogen-bond donors (Lipinski definition) is 2. The molecule has 1 aliphatic rings. The van der Waals surface area contributed by atoms with Gasteiger partial charge in [0.2, 0.25) is 0 Å². The molecule has 0 aliphatic heterocycles. The molecule has 1 atom stereocenters. The Kier molecular flexibility index (Phi) is 3.79. The average molecular weight is 316 g/mol. The van der Waals surface area contributed by atoms with Crippen LogP contribution < -0.4 is 5.32 Å². The molecule has 1 amide bonds. The summed E-state index contributed by atoms with van der Waals surface area (Å²) in [4.78, 5) is 28.1. The molecule has 1 saturated carbocycles. The van der Waals surface area contributed by atoms with Gasteiger partial charge in [-0.25, -0.2) is 4.98 Å². The Bertz CT molecular complexity index is 792. The first-order valence-electron chi connectivity index (χ1n) is 7.73. The number of nitrogens with zero attached hydrogens (tertiary/aromatic N) is 3. The molecular weight excluding hydrogens is 296 g/mol. The van der Waals surface area contributed by atoms with Crippen LogP contribution in [0.3, 0.4) is 0 Å². The summed E-state index contributed by atoms with van der Waals surface area (Å²) >= 11 is 0. The fraction of sp³-hybridized carbons (Fsp3) is 0.500. The van der Waals surface area contributed by atoms with E-state index in [1.165, 1.54) is 0 Å². The number of carbonyl (C=O) groups excluding carboxylic acids is 1. The monoisotopic (exact) mass is 316 g/mol. The van der Waals surface area contributed by atoms with Crippen LogP contribution in [-0.2, 0) is 11.8 Å². The van der Waals surface area contributed by atoms with Crippen LogP contribution in [0, 0.1) is 12.8 Å². The number of aliphatic carboxylic acids is 1. The number of nitrogens with one attached hydrogen (secondary N) is 1. The summed E-state index contributed by atoms with van der Waals surface area (Å²) in [6.45, 7) is 3.50. The van der Waals surface area contributed by atoms with E-state index in [1.54, 1.807) is 11.6 Å². The normalized spacial score (nSPS) is 15.6. The molecule has 122 valence electrons. The minimum absolute atomic E-state index is 0.0933. The van der Waals surface area contributed by atoms with Crippen LogP contribution in [0.4, 0.5) is 0 Å². The molecule has 23 heavy (non-hydrogen) atoms. The molecular formula is C16H20N4O3. The molecule has 1 unspecified atom stereocenters. The number of rotatable bonds is 5. The maximum absolute atomic E-state index is 12.6. The molecule has 2 aromatic rings. The molecule has 7 nitrogen and oxygen atoms in total. The first-order valence-corrected chi connectivity index (χ1v) is 7.73. The molecule has 0 bridgehead atoms. The van der Waals surface area contributed by atoms with E-state index in [0.29, 0.717) is 17.1 Å². The van der Waals surface area contributed by atoms with Gasteiger partial charge in [-0.15, -0.1) is 0 Å². The fourth-order valence-electron chi connectivity index (χ4n) is 2.66. The summed E-state index contributed by atoms with van der Waals surface area (Å²) in [7, 11) is 1.81. The van der Waals surface area contributed by atoms with Crippen molar-refractivity contribution in [3.63, 3.8) is 0 Å². The maximum Gasteiger partial charge on any atom is 0.308 e. The molecule has 2 N–H and O–H groups in total. The second kappa shape index (κ2) is 5.64. The van der Waals surface area contributed by atoms with E-state index in [9.17, 15) is 9.59 Å². The van der Waals surface area contributed by atoms with Crippen molar-refractivity contribution in [1.29, 1.82) is 0 Å². The quantitative estimate of drug-likeness (QED) is 0.873. The van der Waals surface area contributed by atoms with E-state index in [2.05, 4.69) is 15.4 Å². The second-order valence-corrected chi connectivity index (χ2v) is 6.23. The van der Waals surface area contributed by atoms with E-state index < -0.39 is 11.9 Å². The van der Waals surface area contributed by atoms with Crippen molar-refractivity contribution in [3.8, 4) is 0 Å². The summed E-state index contributed by atoms with van der Waals surface area (Å²) in [6, 6.07) is 1.83. The highest BCUT2D eigenvalue weighted by Crippen LogP contribution is 2.40. The lowest BCUT2D eigenvalue weighted by Crippen LogP contribution is -2.31. The van der Waals surface area contributed by atoms with E-state index in [-0.39, 0.29) is 12.5 Å². The molecule has 0 spiro atoms. The third-order valence-electron chi connectivity index (χ3n) is 4.22. The Hall–Kier alpha value is -2.44. The molecule has 1 fully saturated rings. The third-order valence-corrected chi connectivity index (χ3v) is 4.22. The Morgan fingerprint density at radius 3 is 2.78 bits per heavy atom. The maximum atomic E-state index is 12.6. The van der Waals surface area contributed by atoms with Crippen LogP contribution in [-0.4, -0.2) is 38.3 Å². The number of carboxylic acids is 1. The van der Waals surface area contributed by atoms with Gasteiger partial charge in [-0.3, -0.25) is 14.3 Å². The topological polar surface area (TPSA) is 97.1 Å². The highest BCUT2D eigenvalue weighted by Gasteiger charge is 2.28. The first kappa shape index (κ1) is 15.5. The summed E-state index contributed by atoms with van der Waals surface area (Å²) in [5.74, 6) is -1.42. The van der Waals surface area contributed by atoms with Crippen LogP contribution >= 0.6 is 0 Å². The molecule has 3 rings (SSSR count). The smallest absolute Gasteiger partial charge is 0.308 e. The molecule has 2 heterocycles. The second-order valence-electron chi connectivity index (χ2n) is 6.23. The summed E-state index contributed by atoms with van der Waals surface area (Å²) in [6.07, 6.45) is 2.18. The number of carbonyl (C=O) groups is 2. The SMILES string of the molecule is Cc1nn(C)c2nc(C3CC3)cc(C(=O)NCC(C)C(=O)O)c12. The zero-order valence-electron chi connectivity index (χ0n) is 13.5. The lowest BCUT2D eigenvalue weighted by molar-refractivity contribution is -0.140. The number of aromatic nitrogens is 3. The van der Waals surface area contributed by atoms with Crippen molar-refractivity contribution in [1.82, 2.24) is 20.1 Å². The summed E-state index contributed by atoms with van der Waals surface area (Å²) < 4.78 is 1.69. The highest BCUT2D eigenvalue weighted by atomic mass is 16.4. The van der Waals surface area contributed by atoms with E-state index >= 15 is 0 Å². The molecule has 0 aromatic carbocycles. The predicted molar refractivity (Wildman–Crippen MR) is 84.4 cm³/mol. The number of pyridine rings is 1. The van der Waals surface area contributed by atoms with Crippen molar-refractivity contribution < 1.29 is 14.7 Å². The van der Waals surface area contributed by atoms with Gasteiger partial charge in [0.15, 0.2) is 5.65 Å². The van der Waals surface area contributed by atoms with Crippen molar-refractivity contribution in [3.05, 3.63) is 23.0 Å². The van der Waals surface area contributed by atoms with Gasteiger partial charge >= 0.3 is 5.97 Å². The molecule has 0 radical (unpaired) electrons. The molecule has 0 saturated heterocycles. The summed E-state index contributed by atoms with van der Waals surface area (Å²) in [5.41, 5.74) is 2.88. The van der Waals surface area contributed by atoms with Gasteiger partial charge < -0.3 is 10.4 Å². The fourth-order valence-corrected chi connectivity index (χ4v) is 2.66. The van der Waals surface area contributed by atoms with Crippen LogP contribution in [0.1, 0.15) is 47.4 Å². The minimum atomic E-state index is -0.929. The molecule has 1 aliphatic carbocycles. The Morgan fingerprint density at radius 1 is 1.48 bits per heavy atom.